The molecule has 1 rings (SSSR count). The Kier molecular flexibility index (Phi) is 4.57. The molecule has 0 saturated heterocycles. The van der Waals surface area contributed by atoms with Crippen molar-refractivity contribution in [1.82, 2.24) is 8.61 Å². The van der Waals surface area contributed by atoms with Crippen LogP contribution >= 0.6 is 0 Å². The maximum atomic E-state index is 12.2. The summed E-state index contributed by atoms with van der Waals surface area (Å²) in [5.41, 5.74) is 5.44. The quantitative estimate of drug-likeness (QED) is 0.727. The summed E-state index contributed by atoms with van der Waals surface area (Å²) in [7, 11) is -0.0527. The zero-order chi connectivity index (χ0) is 13.3. The van der Waals surface area contributed by atoms with Gasteiger partial charge in [-0.05, 0) is 30.7 Å². The molecule has 2 N–H and O–H groups in total. The number of nitrogens with two attached hydrogens (primary N) is 1. The lowest BCUT2D eigenvalue weighted by molar-refractivity contribution is 0.277. The molecule has 0 spiro atoms. The van der Waals surface area contributed by atoms with Gasteiger partial charge in [0.2, 0.25) is 0 Å². The zero-order valence-electron chi connectivity index (χ0n) is 11.3. The standard InChI is InChI=1S/C11H25N3O2S/c1-11(2,8-12)9-14(4)17(15,16)13(3)7-10-5-6-10/h10H,5-9,12H2,1-4H3. The molecule has 102 valence electrons. The average Bonchev–Trinajstić information content (AvgIpc) is 3.00. The maximum absolute atomic E-state index is 12.2. The second-order valence-electron chi connectivity index (χ2n) is 5.86. The summed E-state index contributed by atoms with van der Waals surface area (Å²) in [6.45, 7) is 5.50. The molecule has 1 aliphatic carbocycles. The second-order valence-corrected chi connectivity index (χ2v) is 8.00. The fourth-order valence-electron chi connectivity index (χ4n) is 1.75. The van der Waals surface area contributed by atoms with Gasteiger partial charge in [0.25, 0.3) is 10.2 Å². The van der Waals surface area contributed by atoms with E-state index in [0.29, 0.717) is 25.6 Å². The van der Waals surface area contributed by atoms with Gasteiger partial charge >= 0.3 is 0 Å². The predicted molar refractivity (Wildman–Crippen MR) is 69.7 cm³/mol. The summed E-state index contributed by atoms with van der Waals surface area (Å²) in [5, 5.41) is 0. The van der Waals surface area contributed by atoms with E-state index in [-0.39, 0.29) is 5.41 Å². The minimum atomic E-state index is -3.33. The Morgan fingerprint density at radius 1 is 1.24 bits per heavy atom. The summed E-state index contributed by atoms with van der Waals surface area (Å²) in [6, 6.07) is 0. The summed E-state index contributed by atoms with van der Waals surface area (Å²) in [6.07, 6.45) is 2.30. The minimum absolute atomic E-state index is 0.192. The van der Waals surface area contributed by atoms with Gasteiger partial charge in [0.05, 0.1) is 0 Å². The number of nitrogens with zero attached hydrogens (tertiary/aromatic N) is 2. The molecule has 0 aliphatic heterocycles. The fourth-order valence-corrected chi connectivity index (χ4v) is 3.13. The molecule has 0 amide bonds. The summed E-state index contributed by atoms with van der Waals surface area (Å²) in [5.74, 6) is 0.561. The molecule has 17 heavy (non-hydrogen) atoms. The summed E-state index contributed by atoms with van der Waals surface area (Å²) >= 11 is 0. The van der Waals surface area contributed by atoms with Crippen LogP contribution in [0.1, 0.15) is 26.7 Å². The van der Waals surface area contributed by atoms with E-state index < -0.39 is 10.2 Å². The molecule has 0 atom stereocenters. The third kappa shape index (κ3) is 4.21. The Hall–Kier alpha value is -0.170. The zero-order valence-corrected chi connectivity index (χ0v) is 12.1. The highest BCUT2D eigenvalue weighted by Gasteiger charge is 2.32. The van der Waals surface area contributed by atoms with Crippen LogP contribution in [0.15, 0.2) is 0 Å². The highest BCUT2D eigenvalue weighted by atomic mass is 32.2. The first kappa shape index (κ1) is 14.9. The number of hydrogen-bond donors (Lipinski definition) is 1. The largest absolute Gasteiger partial charge is 0.330 e. The normalized spacial score (nSPS) is 18.1. The van der Waals surface area contributed by atoms with Crippen LogP contribution in [-0.4, -0.2) is 50.8 Å². The van der Waals surface area contributed by atoms with Crippen LogP contribution in [0.5, 0.6) is 0 Å². The van der Waals surface area contributed by atoms with Crippen molar-refractivity contribution < 1.29 is 8.42 Å². The van der Waals surface area contributed by atoms with E-state index in [9.17, 15) is 8.42 Å². The van der Waals surface area contributed by atoms with Crippen molar-refractivity contribution in [2.75, 3.05) is 33.7 Å². The van der Waals surface area contributed by atoms with E-state index in [0.717, 1.165) is 12.8 Å². The Bertz CT molecular complexity index is 350. The van der Waals surface area contributed by atoms with Gasteiger partial charge in [-0.3, -0.25) is 0 Å². The van der Waals surface area contributed by atoms with Crippen molar-refractivity contribution in [1.29, 1.82) is 0 Å². The van der Waals surface area contributed by atoms with Gasteiger partial charge in [-0.15, -0.1) is 0 Å². The average molecular weight is 263 g/mol. The molecule has 0 aromatic rings. The topological polar surface area (TPSA) is 66.6 Å². The third-order valence-corrected chi connectivity index (χ3v) is 5.06. The number of rotatable bonds is 7. The van der Waals surface area contributed by atoms with E-state index in [1.807, 2.05) is 13.8 Å². The molecule has 0 unspecified atom stereocenters. The van der Waals surface area contributed by atoms with Crippen molar-refractivity contribution in [3.05, 3.63) is 0 Å². The Labute approximate surface area is 105 Å². The molecule has 0 heterocycles. The summed E-state index contributed by atoms with van der Waals surface area (Å²) < 4.78 is 27.3. The molecular weight excluding hydrogens is 238 g/mol. The SMILES string of the molecule is CN(CC1CC1)S(=O)(=O)N(C)CC(C)(C)CN. The van der Waals surface area contributed by atoms with Crippen molar-refractivity contribution in [3.8, 4) is 0 Å². The van der Waals surface area contributed by atoms with Crippen molar-refractivity contribution in [2.24, 2.45) is 17.1 Å². The monoisotopic (exact) mass is 263 g/mol. The fraction of sp³-hybridized carbons (Fsp3) is 1.00. The highest BCUT2D eigenvalue weighted by molar-refractivity contribution is 7.86. The highest BCUT2D eigenvalue weighted by Crippen LogP contribution is 2.30. The molecule has 0 aromatic carbocycles. The molecule has 1 saturated carbocycles. The van der Waals surface area contributed by atoms with Gasteiger partial charge in [0.15, 0.2) is 0 Å². The molecular formula is C11H25N3O2S. The molecule has 6 heteroatoms. The van der Waals surface area contributed by atoms with Gasteiger partial charge in [-0.25, -0.2) is 0 Å². The van der Waals surface area contributed by atoms with Gasteiger partial charge in [0, 0.05) is 27.2 Å². The third-order valence-electron chi connectivity index (χ3n) is 3.20. The first-order chi connectivity index (χ1) is 7.69. The van der Waals surface area contributed by atoms with Crippen LogP contribution in [0, 0.1) is 11.3 Å². The van der Waals surface area contributed by atoms with Crippen molar-refractivity contribution >= 4 is 10.2 Å². The van der Waals surface area contributed by atoms with Gasteiger partial charge < -0.3 is 5.73 Å². The Morgan fingerprint density at radius 2 is 1.76 bits per heavy atom. The molecule has 5 nitrogen and oxygen atoms in total. The number of hydrogen-bond acceptors (Lipinski definition) is 3. The van der Waals surface area contributed by atoms with Gasteiger partial charge in [-0.2, -0.15) is 17.0 Å². The molecule has 1 aliphatic rings. The van der Waals surface area contributed by atoms with Gasteiger partial charge in [0.1, 0.15) is 0 Å². The smallest absolute Gasteiger partial charge is 0.281 e. The molecule has 0 radical (unpaired) electrons. The molecule has 0 aromatic heterocycles. The Morgan fingerprint density at radius 3 is 2.18 bits per heavy atom. The van der Waals surface area contributed by atoms with Crippen LogP contribution < -0.4 is 5.73 Å². The lowest BCUT2D eigenvalue weighted by Gasteiger charge is -2.31. The first-order valence-corrected chi connectivity index (χ1v) is 7.46. The minimum Gasteiger partial charge on any atom is -0.330 e. The van der Waals surface area contributed by atoms with Crippen LogP contribution in [0.3, 0.4) is 0 Å². The molecule has 1 fully saturated rings. The van der Waals surface area contributed by atoms with Crippen LogP contribution in [0.25, 0.3) is 0 Å². The van der Waals surface area contributed by atoms with E-state index in [2.05, 4.69) is 0 Å². The van der Waals surface area contributed by atoms with E-state index in [4.69, 9.17) is 5.73 Å². The van der Waals surface area contributed by atoms with E-state index >= 15 is 0 Å². The Balaban J connectivity index is 2.61. The molecule has 0 bridgehead atoms. The van der Waals surface area contributed by atoms with Crippen molar-refractivity contribution in [3.63, 3.8) is 0 Å². The summed E-state index contributed by atoms with van der Waals surface area (Å²) in [4.78, 5) is 0. The van der Waals surface area contributed by atoms with Gasteiger partial charge in [-0.1, -0.05) is 13.8 Å². The lowest BCUT2D eigenvalue weighted by Crippen LogP contribution is -2.45. The van der Waals surface area contributed by atoms with Crippen molar-refractivity contribution in [2.45, 2.75) is 26.7 Å². The van der Waals surface area contributed by atoms with Crippen LogP contribution in [0.4, 0.5) is 0 Å². The lowest BCUT2D eigenvalue weighted by atomic mass is 9.94. The second kappa shape index (κ2) is 5.22. The van der Waals surface area contributed by atoms with Crippen LogP contribution in [-0.2, 0) is 10.2 Å². The predicted octanol–water partition coefficient (Wildman–Crippen LogP) is 0.490. The van der Waals surface area contributed by atoms with E-state index in [1.165, 1.54) is 8.61 Å². The van der Waals surface area contributed by atoms with Crippen LogP contribution in [0.2, 0.25) is 0 Å². The maximum Gasteiger partial charge on any atom is 0.281 e. The first-order valence-electron chi connectivity index (χ1n) is 6.07. The van der Waals surface area contributed by atoms with E-state index in [1.54, 1.807) is 14.1 Å².